The standard InChI is InChI=1S/C9H11BrFNO/c1-9(12,5-13)6-3-2-4-7(11)8(6)10/h2-4,13H,5,12H2,1H3. The molecule has 0 radical (unpaired) electrons. The third-order valence-electron chi connectivity index (χ3n) is 1.90. The van der Waals surface area contributed by atoms with E-state index < -0.39 is 5.54 Å². The van der Waals surface area contributed by atoms with E-state index in [1.54, 1.807) is 19.1 Å². The van der Waals surface area contributed by atoms with Crippen LogP contribution in [0.25, 0.3) is 0 Å². The van der Waals surface area contributed by atoms with Crippen molar-refractivity contribution < 1.29 is 9.50 Å². The molecule has 72 valence electrons. The van der Waals surface area contributed by atoms with Crippen LogP contribution in [-0.4, -0.2) is 11.7 Å². The number of aliphatic hydroxyl groups is 1. The quantitative estimate of drug-likeness (QED) is 0.837. The highest BCUT2D eigenvalue weighted by molar-refractivity contribution is 9.10. The molecule has 0 aliphatic rings. The first-order valence-electron chi connectivity index (χ1n) is 3.83. The van der Waals surface area contributed by atoms with Crippen molar-refractivity contribution in [2.75, 3.05) is 6.61 Å². The van der Waals surface area contributed by atoms with E-state index in [1.165, 1.54) is 6.07 Å². The second-order valence-corrected chi connectivity index (χ2v) is 3.97. The predicted molar refractivity (Wildman–Crippen MR) is 52.7 cm³/mol. The lowest BCUT2D eigenvalue weighted by Crippen LogP contribution is -2.37. The minimum absolute atomic E-state index is 0.227. The summed E-state index contributed by atoms with van der Waals surface area (Å²) >= 11 is 3.09. The summed E-state index contributed by atoms with van der Waals surface area (Å²) in [4.78, 5) is 0. The van der Waals surface area contributed by atoms with Gasteiger partial charge in [-0.15, -0.1) is 0 Å². The maximum Gasteiger partial charge on any atom is 0.137 e. The van der Waals surface area contributed by atoms with Crippen LogP contribution in [0.15, 0.2) is 22.7 Å². The Kier molecular flexibility index (Phi) is 3.05. The fourth-order valence-corrected chi connectivity index (χ4v) is 1.75. The van der Waals surface area contributed by atoms with Gasteiger partial charge in [-0.2, -0.15) is 0 Å². The van der Waals surface area contributed by atoms with Crippen molar-refractivity contribution in [3.63, 3.8) is 0 Å². The molecule has 0 aliphatic carbocycles. The molecular weight excluding hydrogens is 237 g/mol. The van der Waals surface area contributed by atoms with E-state index >= 15 is 0 Å². The van der Waals surface area contributed by atoms with Crippen molar-refractivity contribution in [2.45, 2.75) is 12.5 Å². The van der Waals surface area contributed by atoms with Gasteiger partial charge in [0.15, 0.2) is 0 Å². The average molecular weight is 248 g/mol. The van der Waals surface area contributed by atoms with Crippen LogP contribution in [0.1, 0.15) is 12.5 Å². The molecule has 4 heteroatoms. The molecule has 1 aromatic rings. The van der Waals surface area contributed by atoms with Crippen LogP contribution in [0.4, 0.5) is 4.39 Å². The van der Waals surface area contributed by atoms with Gasteiger partial charge in [0.05, 0.1) is 16.6 Å². The highest BCUT2D eigenvalue weighted by atomic mass is 79.9. The average Bonchev–Trinajstić information content (AvgIpc) is 2.09. The fraction of sp³-hybridized carbons (Fsp3) is 0.333. The van der Waals surface area contributed by atoms with Crippen LogP contribution in [0.2, 0.25) is 0 Å². The van der Waals surface area contributed by atoms with Crippen molar-refractivity contribution in [1.29, 1.82) is 0 Å². The van der Waals surface area contributed by atoms with E-state index in [2.05, 4.69) is 15.9 Å². The van der Waals surface area contributed by atoms with Gasteiger partial charge >= 0.3 is 0 Å². The molecule has 3 N–H and O–H groups in total. The summed E-state index contributed by atoms with van der Waals surface area (Å²) in [5, 5.41) is 8.99. The summed E-state index contributed by atoms with van der Waals surface area (Å²) in [6, 6.07) is 4.58. The summed E-state index contributed by atoms with van der Waals surface area (Å²) < 4.78 is 13.4. The number of benzene rings is 1. The van der Waals surface area contributed by atoms with Crippen molar-refractivity contribution in [3.8, 4) is 0 Å². The summed E-state index contributed by atoms with van der Waals surface area (Å²) in [7, 11) is 0. The third kappa shape index (κ3) is 2.07. The first-order chi connectivity index (χ1) is 5.99. The molecule has 0 spiro atoms. The summed E-state index contributed by atoms with van der Waals surface area (Å²) in [5.74, 6) is -0.373. The predicted octanol–water partition coefficient (Wildman–Crippen LogP) is 1.75. The number of hydrogen-bond acceptors (Lipinski definition) is 2. The lowest BCUT2D eigenvalue weighted by Gasteiger charge is -2.23. The van der Waals surface area contributed by atoms with Crippen LogP contribution in [0.5, 0.6) is 0 Å². The van der Waals surface area contributed by atoms with Crippen molar-refractivity contribution in [2.24, 2.45) is 5.73 Å². The third-order valence-corrected chi connectivity index (χ3v) is 2.70. The maximum atomic E-state index is 13.1. The Morgan fingerprint density at radius 2 is 2.23 bits per heavy atom. The maximum absolute atomic E-state index is 13.1. The zero-order chi connectivity index (χ0) is 10.1. The molecule has 0 amide bonds. The molecule has 0 heterocycles. The Balaban J connectivity index is 3.22. The number of rotatable bonds is 2. The Bertz CT molecular complexity index is 314. The molecule has 1 rings (SSSR count). The molecule has 0 saturated carbocycles. The Morgan fingerprint density at radius 1 is 1.62 bits per heavy atom. The first-order valence-corrected chi connectivity index (χ1v) is 4.62. The van der Waals surface area contributed by atoms with Gasteiger partial charge < -0.3 is 10.8 Å². The molecule has 1 atom stereocenters. The zero-order valence-electron chi connectivity index (χ0n) is 7.22. The number of nitrogens with two attached hydrogens (primary N) is 1. The monoisotopic (exact) mass is 247 g/mol. The van der Waals surface area contributed by atoms with E-state index in [9.17, 15) is 4.39 Å². The molecule has 0 aromatic heterocycles. The van der Waals surface area contributed by atoms with Gasteiger partial charge in [-0.3, -0.25) is 0 Å². The van der Waals surface area contributed by atoms with Crippen molar-refractivity contribution >= 4 is 15.9 Å². The topological polar surface area (TPSA) is 46.2 Å². The number of aliphatic hydroxyl groups excluding tert-OH is 1. The Labute approximate surface area is 84.7 Å². The van der Waals surface area contributed by atoms with Crippen molar-refractivity contribution in [3.05, 3.63) is 34.1 Å². The van der Waals surface area contributed by atoms with E-state index in [-0.39, 0.29) is 12.4 Å². The molecule has 2 nitrogen and oxygen atoms in total. The van der Waals surface area contributed by atoms with Gasteiger partial charge in [0.1, 0.15) is 5.82 Å². The number of hydrogen-bond donors (Lipinski definition) is 2. The lowest BCUT2D eigenvalue weighted by molar-refractivity contribution is 0.209. The Morgan fingerprint density at radius 3 is 2.77 bits per heavy atom. The summed E-state index contributed by atoms with van der Waals surface area (Å²) in [5.41, 5.74) is 5.41. The second kappa shape index (κ2) is 3.74. The largest absolute Gasteiger partial charge is 0.394 e. The second-order valence-electron chi connectivity index (χ2n) is 3.18. The van der Waals surface area contributed by atoms with Crippen LogP contribution in [0.3, 0.4) is 0 Å². The zero-order valence-corrected chi connectivity index (χ0v) is 8.81. The van der Waals surface area contributed by atoms with Crippen LogP contribution in [-0.2, 0) is 5.54 Å². The molecule has 0 saturated heterocycles. The van der Waals surface area contributed by atoms with Crippen LogP contribution >= 0.6 is 15.9 Å². The minimum Gasteiger partial charge on any atom is -0.394 e. The SMILES string of the molecule is CC(N)(CO)c1cccc(F)c1Br. The van der Waals surface area contributed by atoms with Crippen LogP contribution in [0, 0.1) is 5.82 Å². The smallest absolute Gasteiger partial charge is 0.137 e. The lowest BCUT2D eigenvalue weighted by atomic mass is 9.94. The highest BCUT2D eigenvalue weighted by Gasteiger charge is 2.23. The van der Waals surface area contributed by atoms with Gasteiger partial charge in [0.2, 0.25) is 0 Å². The molecular formula is C9H11BrFNO. The normalized spacial score (nSPS) is 15.5. The van der Waals surface area contributed by atoms with Gasteiger partial charge in [-0.05, 0) is 34.5 Å². The van der Waals surface area contributed by atoms with Gasteiger partial charge in [-0.1, -0.05) is 12.1 Å². The molecule has 13 heavy (non-hydrogen) atoms. The van der Waals surface area contributed by atoms with Gasteiger partial charge in [0, 0.05) is 0 Å². The summed E-state index contributed by atoms with van der Waals surface area (Å²) in [6.07, 6.45) is 0. The highest BCUT2D eigenvalue weighted by Crippen LogP contribution is 2.28. The Hall–Kier alpha value is -0.450. The molecule has 0 bridgehead atoms. The van der Waals surface area contributed by atoms with E-state index in [4.69, 9.17) is 10.8 Å². The fourth-order valence-electron chi connectivity index (χ4n) is 1.03. The summed E-state index contributed by atoms with van der Waals surface area (Å²) in [6.45, 7) is 1.42. The van der Waals surface area contributed by atoms with Crippen molar-refractivity contribution in [1.82, 2.24) is 0 Å². The number of halogens is 2. The molecule has 1 aromatic carbocycles. The van der Waals surface area contributed by atoms with E-state index in [1.807, 2.05) is 0 Å². The van der Waals surface area contributed by atoms with Gasteiger partial charge in [-0.25, -0.2) is 4.39 Å². The molecule has 1 unspecified atom stereocenters. The molecule has 0 aliphatic heterocycles. The minimum atomic E-state index is -0.916. The first kappa shape index (κ1) is 10.6. The molecule has 0 fully saturated rings. The van der Waals surface area contributed by atoms with E-state index in [0.717, 1.165) is 0 Å². The van der Waals surface area contributed by atoms with Gasteiger partial charge in [0.25, 0.3) is 0 Å². The van der Waals surface area contributed by atoms with E-state index in [0.29, 0.717) is 10.0 Å². The van der Waals surface area contributed by atoms with Crippen LogP contribution < -0.4 is 5.73 Å².